The van der Waals surface area contributed by atoms with Crippen molar-refractivity contribution in [1.82, 2.24) is 9.80 Å². The van der Waals surface area contributed by atoms with Gasteiger partial charge in [-0.3, -0.25) is 0 Å². The summed E-state index contributed by atoms with van der Waals surface area (Å²) in [6, 6.07) is 5.92. The molecule has 1 fully saturated rings. The Kier molecular flexibility index (Phi) is 7.57. The summed E-state index contributed by atoms with van der Waals surface area (Å²) < 4.78 is 61.9. The fourth-order valence-electron chi connectivity index (χ4n) is 4.69. The average Bonchev–Trinajstić information content (AvgIpc) is 2.85. The molecule has 2 aliphatic heterocycles. The van der Waals surface area contributed by atoms with Crippen molar-refractivity contribution in [1.29, 1.82) is 0 Å². The van der Waals surface area contributed by atoms with E-state index in [9.17, 15) is 17.6 Å². The van der Waals surface area contributed by atoms with E-state index in [1.54, 1.807) is 14.0 Å². The molecule has 2 amide bonds. The lowest BCUT2D eigenvalue weighted by molar-refractivity contribution is 0.0541. The molecule has 2 heterocycles. The Morgan fingerprint density at radius 2 is 1.82 bits per heavy atom. The zero-order valence-electron chi connectivity index (χ0n) is 19.1. The van der Waals surface area contributed by atoms with Crippen molar-refractivity contribution in [3.8, 4) is 5.75 Å². The third-order valence-electron chi connectivity index (χ3n) is 6.38. The molecule has 0 spiro atoms. The molecule has 0 saturated carbocycles. The van der Waals surface area contributed by atoms with E-state index in [0.717, 1.165) is 12.1 Å². The molecular formula is C24H27ClF2N2O4S. The zero-order chi connectivity index (χ0) is 25.3. The number of urea groups is 1. The molecular weight excluding hydrogens is 486 g/mol. The number of halogens is 3. The first kappa shape index (κ1) is 26.0. The largest absolute Gasteiger partial charge is 0.488 e. The van der Waals surface area contributed by atoms with Crippen LogP contribution in [0.1, 0.15) is 25.3 Å². The van der Waals surface area contributed by atoms with Crippen molar-refractivity contribution >= 4 is 27.5 Å². The minimum atomic E-state index is -4.31. The first-order valence-electron chi connectivity index (χ1n) is 10.8. The van der Waals surface area contributed by atoms with Gasteiger partial charge in [0.05, 0.1) is 16.5 Å². The van der Waals surface area contributed by atoms with Crippen molar-refractivity contribution in [2.24, 2.45) is 0 Å². The topological polar surface area (TPSA) is 66.9 Å². The predicted molar refractivity (Wildman–Crippen MR) is 127 cm³/mol. The first-order valence-corrected chi connectivity index (χ1v) is 12.6. The van der Waals surface area contributed by atoms with Crippen molar-refractivity contribution in [2.75, 3.05) is 26.7 Å². The Hall–Kier alpha value is -2.65. The molecule has 34 heavy (non-hydrogen) atoms. The van der Waals surface area contributed by atoms with Gasteiger partial charge in [-0.1, -0.05) is 11.6 Å². The molecule has 6 nitrogen and oxygen atoms in total. The molecule has 10 heteroatoms. The molecule has 2 atom stereocenters. The van der Waals surface area contributed by atoms with E-state index in [4.69, 9.17) is 16.3 Å². The third-order valence-corrected chi connectivity index (χ3v) is 9.16. The highest BCUT2D eigenvalue weighted by Gasteiger charge is 2.61. The number of likely N-dealkylation sites (tertiary alicyclic amines) is 1. The second kappa shape index (κ2) is 9.92. The number of rotatable bonds is 3. The first-order chi connectivity index (χ1) is 16.1. The average molecular weight is 513 g/mol. The van der Waals surface area contributed by atoms with E-state index in [1.807, 2.05) is 0 Å². The van der Waals surface area contributed by atoms with Crippen LogP contribution in [0.4, 0.5) is 13.6 Å². The Bertz CT molecular complexity index is 1180. The van der Waals surface area contributed by atoms with Crippen LogP contribution in [0.2, 0.25) is 5.02 Å². The van der Waals surface area contributed by atoms with Gasteiger partial charge in [0.2, 0.25) is 0 Å². The van der Waals surface area contributed by atoms with Crippen LogP contribution in [0.25, 0.3) is 0 Å². The summed E-state index contributed by atoms with van der Waals surface area (Å²) in [7, 11) is -2.71. The molecule has 1 saturated heterocycles. The van der Waals surface area contributed by atoms with E-state index in [0.29, 0.717) is 18.0 Å². The highest BCUT2D eigenvalue weighted by molar-refractivity contribution is 7.92. The van der Waals surface area contributed by atoms with Crippen molar-refractivity contribution < 1.29 is 26.7 Å². The molecule has 2 aliphatic rings. The van der Waals surface area contributed by atoms with E-state index in [1.165, 1.54) is 34.1 Å². The van der Waals surface area contributed by atoms with Gasteiger partial charge in [-0.05, 0) is 56.2 Å². The van der Waals surface area contributed by atoms with Crippen LogP contribution in [0.3, 0.4) is 0 Å². The summed E-state index contributed by atoms with van der Waals surface area (Å²) in [5.74, 6) is -2.15. The Balaban J connectivity index is 0.00000158. The van der Waals surface area contributed by atoms with Gasteiger partial charge in [-0.2, -0.15) is 0 Å². The summed E-state index contributed by atoms with van der Waals surface area (Å²) in [5, 5.41) is 0.340. The Labute approximate surface area is 203 Å². The number of carbonyl (C=O) groups excluding carboxylic acids is 1. The second-order valence-corrected chi connectivity index (χ2v) is 10.6. The Morgan fingerprint density at radius 3 is 2.44 bits per heavy atom. The van der Waals surface area contributed by atoms with Gasteiger partial charge in [0.25, 0.3) is 0 Å². The number of ether oxygens (including phenoxy) is 1. The Morgan fingerprint density at radius 1 is 1.21 bits per heavy atom. The molecule has 0 N–H and O–H groups in total. The molecule has 0 radical (unpaired) electrons. The SMILES string of the molecule is C=C.CCN(C)C(=O)N1CCC[C@@]2(S(=O)(=O)c3ccc(Cl)cc3)c3c(F)ccc(F)c3OCC12. The molecule has 0 aromatic heterocycles. The fourth-order valence-corrected chi connectivity index (χ4v) is 7.16. The zero-order valence-corrected chi connectivity index (χ0v) is 20.6. The second-order valence-electron chi connectivity index (χ2n) is 8.00. The van der Waals surface area contributed by atoms with Crippen LogP contribution in [-0.4, -0.2) is 57.0 Å². The summed E-state index contributed by atoms with van der Waals surface area (Å²) >= 11 is 5.94. The minimum Gasteiger partial charge on any atom is -0.488 e. The number of sulfone groups is 1. The smallest absolute Gasteiger partial charge is 0.320 e. The van der Waals surface area contributed by atoms with Crippen LogP contribution in [0.5, 0.6) is 5.75 Å². The van der Waals surface area contributed by atoms with Gasteiger partial charge in [0.1, 0.15) is 17.2 Å². The fraction of sp³-hybridized carbons (Fsp3) is 0.375. The van der Waals surface area contributed by atoms with Crippen LogP contribution >= 0.6 is 11.6 Å². The van der Waals surface area contributed by atoms with E-state index >= 15 is 4.39 Å². The molecule has 184 valence electrons. The summed E-state index contributed by atoms with van der Waals surface area (Å²) in [4.78, 5) is 15.9. The molecule has 2 aromatic rings. The number of hydrogen-bond donors (Lipinski definition) is 0. The van der Waals surface area contributed by atoms with Crippen LogP contribution in [-0.2, 0) is 14.6 Å². The molecule has 0 bridgehead atoms. The number of benzene rings is 2. The molecule has 1 unspecified atom stereocenters. The normalized spacial score (nSPS) is 21.3. The van der Waals surface area contributed by atoms with Crippen molar-refractivity contribution in [3.63, 3.8) is 0 Å². The predicted octanol–water partition coefficient (Wildman–Crippen LogP) is 5.02. The molecule has 0 aliphatic carbocycles. The number of amides is 2. The summed E-state index contributed by atoms with van der Waals surface area (Å²) in [6.07, 6.45) is 0.307. The maximum atomic E-state index is 15.3. The highest BCUT2D eigenvalue weighted by Crippen LogP contribution is 2.53. The monoisotopic (exact) mass is 512 g/mol. The summed E-state index contributed by atoms with van der Waals surface area (Å²) in [6.45, 7) is 8.20. The lowest BCUT2D eigenvalue weighted by Gasteiger charge is -2.52. The van der Waals surface area contributed by atoms with Crippen molar-refractivity contribution in [2.45, 2.75) is 35.4 Å². The summed E-state index contributed by atoms with van der Waals surface area (Å²) in [5.41, 5.74) is -0.361. The number of piperidine rings is 1. The van der Waals surface area contributed by atoms with Crippen molar-refractivity contribution in [3.05, 3.63) is 71.8 Å². The quantitative estimate of drug-likeness (QED) is 0.542. The van der Waals surface area contributed by atoms with E-state index in [2.05, 4.69) is 13.2 Å². The van der Waals surface area contributed by atoms with E-state index in [-0.39, 0.29) is 30.0 Å². The number of nitrogens with zero attached hydrogens (tertiary/aromatic N) is 2. The van der Waals surface area contributed by atoms with Crippen LogP contribution in [0.15, 0.2) is 54.5 Å². The van der Waals surface area contributed by atoms with Crippen LogP contribution in [0, 0.1) is 11.6 Å². The van der Waals surface area contributed by atoms with Gasteiger partial charge in [0, 0.05) is 25.2 Å². The van der Waals surface area contributed by atoms with Gasteiger partial charge >= 0.3 is 6.03 Å². The van der Waals surface area contributed by atoms with Gasteiger partial charge in [-0.25, -0.2) is 22.0 Å². The maximum Gasteiger partial charge on any atom is 0.320 e. The molecule has 4 rings (SSSR count). The lowest BCUT2D eigenvalue weighted by atomic mass is 9.80. The van der Waals surface area contributed by atoms with Gasteiger partial charge < -0.3 is 14.5 Å². The van der Waals surface area contributed by atoms with Gasteiger partial charge in [-0.15, -0.1) is 13.2 Å². The van der Waals surface area contributed by atoms with Gasteiger partial charge in [0.15, 0.2) is 21.4 Å². The number of hydrogen-bond acceptors (Lipinski definition) is 4. The van der Waals surface area contributed by atoms with Crippen LogP contribution < -0.4 is 4.74 Å². The lowest BCUT2D eigenvalue weighted by Crippen LogP contribution is -2.65. The number of fused-ring (bicyclic) bond motifs is 3. The van der Waals surface area contributed by atoms with E-state index < -0.39 is 44.0 Å². The maximum absolute atomic E-state index is 15.3. The number of carbonyl (C=O) groups is 1. The minimum absolute atomic E-state index is 0.0129. The standard InChI is InChI=1S/C22H23ClF2N2O4S.C2H4/c1-3-26(2)21(28)27-12-4-11-22(32(29,30)15-7-5-14(23)6-8-15)18(27)13-31-20-17(25)10-9-16(24)19(20)22;1-2/h5-10,18H,3-4,11-13H2,1-2H3;1-2H2/t18?,22-;/m0./s1. The highest BCUT2D eigenvalue weighted by atomic mass is 35.5. The molecule has 2 aromatic carbocycles. The third kappa shape index (κ3) is 3.94.